The van der Waals surface area contributed by atoms with E-state index >= 15 is 0 Å². The first-order valence-corrected chi connectivity index (χ1v) is 7.46. The van der Waals surface area contributed by atoms with Crippen molar-refractivity contribution < 1.29 is 4.79 Å². The zero-order chi connectivity index (χ0) is 15.1. The minimum atomic E-state index is 0.146. The Bertz CT molecular complexity index is 544. The second kappa shape index (κ2) is 7.74. The smallest absolute Gasteiger partial charge is 0.176 e. The van der Waals surface area contributed by atoms with Crippen molar-refractivity contribution in [3.63, 3.8) is 0 Å². The maximum Gasteiger partial charge on any atom is 0.176 e. The molecule has 2 rings (SSSR count). The van der Waals surface area contributed by atoms with E-state index in [0.29, 0.717) is 12.5 Å². The third-order valence-corrected chi connectivity index (χ3v) is 3.51. The molecule has 0 spiro atoms. The number of nitrogens with one attached hydrogen (secondary N) is 1. The predicted molar refractivity (Wildman–Crippen MR) is 84.6 cm³/mol. The lowest BCUT2D eigenvalue weighted by atomic mass is 10.0. The van der Waals surface area contributed by atoms with Gasteiger partial charge >= 0.3 is 0 Å². The van der Waals surface area contributed by atoms with Gasteiger partial charge in [0.1, 0.15) is 0 Å². The number of ketones is 1. The van der Waals surface area contributed by atoms with Crippen LogP contribution in [-0.2, 0) is 6.54 Å². The van der Waals surface area contributed by atoms with E-state index in [2.05, 4.69) is 24.1 Å². The number of Topliss-reactive ketones (excluding diaryl/α,β-unsaturated/α-hetero) is 1. The standard InChI is InChI=1S/C17H23N3O/c1-14(2)15-4-6-16(7-5-15)17(21)12-18-8-3-10-20-11-9-19-13-20/h4-7,9,11,13-14,18H,3,8,10,12H2,1-2H3. The van der Waals surface area contributed by atoms with E-state index in [0.717, 1.165) is 25.1 Å². The first kappa shape index (κ1) is 15.4. The van der Waals surface area contributed by atoms with Gasteiger partial charge in [-0.2, -0.15) is 0 Å². The van der Waals surface area contributed by atoms with Crippen LogP contribution in [0.1, 0.15) is 42.1 Å². The molecule has 1 aromatic heterocycles. The minimum absolute atomic E-state index is 0.146. The number of nitrogens with zero attached hydrogens (tertiary/aromatic N) is 2. The Kier molecular flexibility index (Phi) is 5.69. The summed E-state index contributed by atoms with van der Waals surface area (Å²) in [6.07, 6.45) is 6.51. The molecule has 0 atom stereocenters. The third kappa shape index (κ3) is 4.83. The Balaban J connectivity index is 1.69. The summed E-state index contributed by atoms with van der Waals surface area (Å²) in [6.45, 7) is 6.44. The van der Waals surface area contributed by atoms with E-state index in [1.54, 1.807) is 12.5 Å². The highest BCUT2D eigenvalue weighted by Gasteiger charge is 2.06. The van der Waals surface area contributed by atoms with Crippen LogP contribution in [0.25, 0.3) is 0 Å². The zero-order valence-electron chi connectivity index (χ0n) is 12.7. The maximum absolute atomic E-state index is 12.0. The summed E-state index contributed by atoms with van der Waals surface area (Å²) in [4.78, 5) is 16.0. The van der Waals surface area contributed by atoms with Gasteiger partial charge in [0.15, 0.2) is 5.78 Å². The second-order valence-corrected chi connectivity index (χ2v) is 5.53. The zero-order valence-corrected chi connectivity index (χ0v) is 12.7. The summed E-state index contributed by atoms with van der Waals surface area (Å²) in [6, 6.07) is 7.92. The highest BCUT2D eigenvalue weighted by atomic mass is 16.1. The van der Waals surface area contributed by atoms with E-state index < -0.39 is 0 Å². The minimum Gasteiger partial charge on any atom is -0.337 e. The average Bonchev–Trinajstić information content (AvgIpc) is 3.00. The van der Waals surface area contributed by atoms with E-state index in [4.69, 9.17) is 0 Å². The van der Waals surface area contributed by atoms with Crippen molar-refractivity contribution >= 4 is 5.78 Å². The van der Waals surface area contributed by atoms with Crippen molar-refractivity contribution in [3.8, 4) is 0 Å². The van der Waals surface area contributed by atoms with Gasteiger partial charge in [-0.1, -0.05) is 38.1 Å². The van der Waals surface area contributed by atoms with Gasteiger partial charge in [0.25, 0.3) is 0 Å². The molecule has 0 radical (unpaired) electrons. The topological polar surface area (TPSA) is 46.9 Å². The fourth-order valence-electron chi connectivity index (χ4n) is 2.16. The Morgan fingerprint density at radius 3 is 2.67 bits per heavy atom. The van der Waals surface area contributed by atoms with Crippen LogP contribution in [0.15, 0.2) is 43.0 Å². The highest BCUT2D eigenvalue weighted by molar-refractivity contribution is 5.97. The fraction of sp³-hybridized carbons (Fsp3) is 0.412. The molecule has 4 heteroatoms. The number of carbonyl (C=O) groups excluding carboxylic acids is 1. The first-order chi connectivity index (χ1) is 10.2. The van der Waals surface area contributed by atoms with Crippen molar-refractivity contribution in [1.82, 2.24) is 14.9 Å². The van der Waals surface area contributed by atoms with E-state index in [9.17, 15) is 4.79 Å². The molecule has 0 saturated carbocycles. The van der Waals surface area contributed by atoms with Crippen LogP contribution in [0, 0.1) is 0 Å². The molecule has 0 aliphatic rings. The number of rotatable bonds is 8. The summed E-state index contributed by atoms with van der Waals surface area (Å²) in [7, 11) is 0. The van der Waals surface area contributed by atoms with Crippen LogP contribution in [0.4, 0.5) is 0 Å². The largest absolute Gasteiger partial charge is 0.337 e. The summed E-state index contributed by atoms with van der Waals surface area (Å²) >= 11 is 0. The number of hydrogen-bond donors (Lipinski definition) is 1. The van der Waals surface area contributed by atoms with Crippen molar-refractivity contribution in [2.24, 2.45) is 0 Å². The number of aryl methyl sites for hydroxylation is 1. The van der Waals surface area contributed by atoms with Crippen molar-refractivity contribution in [2.45, 2.75) is 32.7 Å². The summed E-state index contributed by atoms with van der Waals surface area (Å²) < 4.78 is 2.04. The van der Waals surface area contributed by atoms with Crippen molar-refractivity contribution in [3.05, 3.63) is 54.1 Å². The number of aromatic nitrogens is 2. The van der Waals surface area contributed by atoms with Gasteiger partial charge in [0.05, 0.1) is 12.9 Å². The lowest BCUT2D eigenvalue weighted by Crippen LogP contribution is -2.24. The Morgan fingerprint density at radius 1 is 1.29 bits per heavy atom. The van der Waals surface area contributed by atoms with E-state index in [-0.39, 0.29) is 5.78 Å². The average molecular weight is 285 g/mol. The van der Waals surface area contributed by atoms with Gasteiger partial charge in [-0.15, -0.1) is 0 Å². The van der Waals surface area contributed by atoms with Crippen LogP contribution in [-0.4, -0.2) is 28.4 Å². The molecule has 112 valence electrons. The van der Waals surface area contributed by atoms with E-state index in [1.807, 2.05) is 35.0 Å². The van der Waals surface area contributed by atoms with Gasteiger partial charge in [0.2, 0.25) is 0 Å². The molecule has 0 unspecified atom stereocenters. The van der Waals surface area contributed by atoms with Crippen LogP contribution >= 0.6 is 0 Å². The molecule has 21 heavy (non-hydrogen) atoms. The summed E-state index contributed by atoms with van der Waals surface area (Å²) in [5, 5.41) is 3.20. The van der Waals surface area contributed by atoms with Crippen molar-refractivity contribution in [1.29, 1.82) is 0 Å². The molecular formula is C17H23N3O. The number of carbonyl (C=O) groups is 1. The molecule has 2 aromatic rings. The van der Waals surface area contributed by atoms with Gasteiger partial charge in [0, 0.05) is 24.5 Å². The molecule has 0 saturated heterocycles. The fourth-order valence-corrected chi connectivity index (χ4v) is 2.16. The maximum atomic E-state index is 12.0. The van der Waals surface area contributed by atoms with Crippen LogP contribution in [0.2, 0.25) is 0 Å². The monoisotopic (exact) mass is 285 g/mol. The SMILES string of the molecule is CC(C)c1ccc(C(=O)CNCCCn2ccnc2)cc1. The van der Waals surface area contributed by atoms with Crippen LogP contribution in [0.3, 0.4) is 0 Å². The van der Waals surface area contributed by atoms with Gasteiger partial charge in [-0.3, -0.25) is 4.79 Å². The molecule has 0 fully saturated rings. The second-order valence-electron chi connectivity index (χ2n) is 5.53. The molecule has 1 N–H and O–H groups in total. The Hall–Kier alpha value is -1.94. The molecule has 1 heterocycles. The van der Waals surface area contributed by atoms with Crippen molar-refractivity contribution in [2.75, 3.05) is 13.1 Å². The predicted octanol–water partition coefficient (Wildman–Crippen LogP) is 2.87. The molecule has 0 aliphatic heterocycles. The molecule has 0 amide bonds. The Labute approximate surface area is 126 Å². The molecule has 0 aliphatic carbocycles. The molecule has 4 nitrogen and oxygen atoms in total. The first-order valence-electron chi connectivity index (χ1n) is 7.46. The number of benzene rings is 1. The quantitative estimate of drug-likeness (QED) is 0.599. The Morgan fingerprint density at radius 2 is 2.05 bits per heavy atom. The number of hydrogen-bond acceptors (Lipinski definition) is 3. The lowest BCUT2D eigenvalue weighted by molar-refractivity contribution is 0.0991. The molecular weight excluding hydrogens is 262 g/mol. The van der Waals surface area contributed by atoms with Gasteiger partial charge in [-0.25, -0.2) is 4.98 Å². The lowest BCUT2D eigenvalue weighted by Gasteiger charge is -2.07. The van der Waals surface area contributed by atoms with Crippen LogP contribution in [0.5, 0.6) is 0 Å². The van der Waals surface area contributed by atoms with E-state index in [1.165, 1.54) is 5.56 Å². The summed E-state index contributed by atoms with van der Waals surface area (Å²) in [5.41, 5.74) is 2.04. The number of imidazole rings is 1. The van der Waals surface area contributed by atoms with Gasteiger partial charge < -0.3 is 9.88 Å². The third-order valence-electron chi connectivity index (χ3n) is 3.51. The normalized spacial score (nSPS) is 11.0. The summed E-state index contributed by atoms with van der Waals surface area (Å²) in [5.74, 6) is 0.642. The highest BCUT2D eigenvalue weighted by Crippen LogP contribution is 2.14. The molecule has 0 bridgehead atoms. The van der Waals surface area contributed by atoms with Crippen LogP contribution < -0.4 is 5.32 Å². The van der Waals surface area contributed by atoms with Gasteiger partial charge in [-0.05, 0) is 24.4 Å². The molecule has 1 aromatic carbocycles.